The van der Waals surface area contributed by atoms with Crippen molar-refractivity contribution in [1.29, 1.82) is 0 Å². The maximum absolute atomic E-state index is 13.3. The van der Waals surface area contributed by atoms with E-state index in [9.17, 15) is 9.59 Å². The van der Waals surface area contributed by atoms with Gasteiger partial charge in [-0.15, -0.1) is 0 Å². The van der Waals surface area contributed by atoms with E-state index in [2.05, 4.69) is 19.2 Å². The molecule has 6 nitrogen and oxygen atoms in total. The number of nitrogens with one attached hydrogen (secondary N) is 1. The summed E-state index contributed by atoms with van der Waals surface area (Å²) < 4.78 is 10.8. The molecule has 1 N–H and O–H groups in total. The number of rotatable bonds is 5. The van der Waals surface area contributed by atoms with Gasteiger partial charge in [0.15, 0.2) is 5.11 Å². The van der Waals surface area contributed by atoms with E-state index in [-0.39, 0.29) is 16.6 Å². The third kappa shape index (κ3) is 3.93. The van der Waals surface area contributed by atoms with Gasteiger partial charge in [0.05, 0.1) is 19.9 Å². The highest BCUT2D eigenvalue weighted by atomic mass is 32.1. The quantitative estimate of drug-likeness (QED) is 0.447. The van der Waals surface area contributed by atoms with Crippen LogP contribution in [0.2, 0.25) is 0 Å². The van der Waals surface area contributed by atoms with E-state index in [4.69, 9.17) is 21.7 Å². The molecule has 2 amide bonds. The molecule has 1 aliphatic rings. The van der Waals surface area contributed by atoms with Crippen LogP contribution < -0.4 is 19.7 Å². The number of aryl methyl sites for hydroxylation is 1. The van der Waals surface area contributed by atoms with Crippen LogP contribution >= 0.6 is 12.2 Å². The molecular formula is C23H24N2O4S. The van der Waals surface area contributed by atoms with Crippen LogP contribution in [0.15, 0.2) is 42.0 Å². The molecule has 0 aromatic heterocycles. The Morgan fingerprint density at radius 2 is 1.73 bits per heavy atom. The molecule has 0 atom stereocenters. The molecule has 1 fully saturated rings. The number of benzene rings is 2. The van der Waals surface area contributed by atoms with Crippen LogP contribution in [0.25, 0.3) is 6.08 Å². The van der Waals surface area contributed by atoms with Crippen LogP contribution in [0.5, 0.6) is 11.5 Å². The Morgan fingerprint density at radius 3 is 2.37 bits per heavy atom. The highest BCUT2D eigenvalue weighted by Gasteiger charge is 2.35. The van der Waals surface area contributed by atoms with Crippen molar-refractivity contribution < 1.29 is 19.1 Å². The van der Waals surface area contributed by atoms with Gasteiger partial charge in [-0.05, 0) is 72.1 Å². The monoisotopic (exact) mass is 424 g/mol. The minimum Gasteiger partial charge on any atom is -0.496 e. The van der Waals surface area contributed by atoms with Gasteiger partial charge >= 0.3 is 0 Å². The average Bonchev–Trinajstić information content (AvgIpc) is 2.71. The summed E-state index contributed by atoms with van der Waals surface area (Å²) in [5.74, 6) is 0.436. The Labute approximate surface area is 181 Å². The number of hydrogen-bond acceptors (Lipinski definition) is 5. The molecule has 2 aromatic rings. The van der Waals surface area contributed by atoms with Crippen molar-refractivity contribution in [2.75, 3.05) is 19.1 Å². The summed E-state index contributed by atoms with van der Waals surface area (Å²) in [5, 5.41) is 2.62. The average molecular weight is 425 g/mol. The smallest absolute Gasteiger partial charge is 0.270 e. The first-order valence-corrected chi connectivity index (χ1v) is 9.92. The fourth-order valence-electron chi connectivity index (χ4n) is 3.35. The zero-order valence-corrected chi connectivity index (χ0v) is 18.4. The minimum atomic E-state index is -0.530. The summed E-state index contributed by atoms with van der Waals surface area (Å²) in [7, 11) is 3.14. The molecule has 2 aromatic carbocycles. The van der Waals surface area contributed by atoms with E-state index in [1.165, 1.54) is 12.0 Å². The van der Waals surface area contributed by atoms with Crippen LogP contribution in [0.1, 0.15) is 36.5 Å². The summed E-state index contributed by atoms with van der Waals surface area (Å²) in [6.45, 7) is 6.03. The Kier molecular flexibility index (Phi) is 6.22. The Bertz CT molecular complexity index is 1060. The Hall–Kier alpha value is -3.19. The third-order valence-corrected chi connectivity index (χ3v) is 5.25. The van der Waals surface area contributed by atoms with Crippen molar-refractivity contribution in [3.63, 3.8) is 0 Å². The van der Waals surface area contributed by atoms with E-state index in [0.29, 0.717) is 11.4 Å². The maximum Gasteiger partial charge on any atom is 0.270 e. The normalized spacial score (nSPS) is 15.6. The number of methoxy groups -OCH3 is 2. The first kappa shape index (κ1) is 21.5. The largest absolute Gasteiger partial charge is 0.496 e. The molecule has 0 spiro atoms. The predicted octanol–water partition coefficient (Wildman–Crippen LogP) is 3.97. The number of para-hydroxylation sites is 2. The van der Waals surface area contributed by atoms with Crippen LogP contribution in [0.4, 0.5) is 5.69 Å². The number of ether oxygens (including phenoxy) is 2. The van der Waals surface area contributed by atoms with Gasteiger partial charge in [0, 0.05) is 0 Å². The van der Waals surface area contributed by atoms with Gasteiger partial charge in [-0.1, -0.05) is 26.0 Å². The van der Waals surface area contributed by atoms with Gasteiger partial charge in [0.1, 0.15) is 17.1 Å². The fourth-order valence-corrected chi connectivity index (χ4v) is 3.62. The lowest BCUT2D eigenvalue weighted by Gasteiger charge is -2.30. The second-order valence-electron chi connectivity index (χ2n) is 7.24. The van der Waals surface area contributed by atoms with Gasteiger partial charge in [-0.25, -0.2) is 4.90 Å². The summed E-state index contributed by atoms with van der Waals surface area (Å²) in [4.78, 5) is 27.2. The van der Waals surface area contributed by atoms with Crippen LogP contribution in [-0.2, 0) is 9.59 Å². The lowest BCUT2D eigenvalue weighted by Crippen LogP contribution is -2.54. The van der Waals surface area contributed by atoms with E-state index < -0.39 is 11.8 Å². The predicted molar refractivity (Wildman–Crippen MR) is 121 cm³/mol. The van der Waals surface area contributed by atoms with E-state index in [1.54, 1.807) is 37.5 Å². The van der Waals surface area contributed by atoms with Crippen LogP contribution in [0, 0.1) is 6.92 Å². The van der Waals surface area contributed by atoms with Gasteiger partial charge in [-0.3, -0.25) is 14.9 Å². The molecule has 1 saturated heterocycles. The Balaban J connectivity index is 2.11. The van der Waals surface area contributed by atoms with Crippen molar-refractivity contribution in [1.82, 2.24) is 5.32 Å². The standard InChI is InChI=1S/C23H24N2O4S/c1-13(2)16-11-15(14(3)10-20(16)29-5)12-17-21(26)24-23(30)25(22(17)27)18-8-6-7-9-19(18)28-4/h6-13H,1-5H3,(H,24,26,30)/b17-12+. The highest BCUT2D eigenvalue weighted by Crippen LogP contribution is 2.33. The lowest BCUT2D eigenvalue weighted by atomic mass is 9.95. The molecule has 0 bridgehead atoms. The first-order valence-electron chi connectivity index (χ1n) is 9.51. The summed E-state index contributed by atoms with van der Waals surface area (Å²) in [6, 6.07) is 10.9. The van der Waals surface area contributed by atoms with Gasteiger partial charge in [0.25, 0.3) is 11.8 Å². The fraction of sp³-hybridized carbons (Fsp3) is 0.261. The van der Waals surface area contributed by atoms with Crippen LogP contribution in [0.3, 0.4) is 0 Å². The molecular weight excluding hydrogens is 400 g/mol. The number of carbonyl (C=O) groups excluding carboxylic acids is 2. The summed E-state index contributed by atoms with van der Waals surface area (Å²) in [6.07, 6.45) is 1.60. The molecule has 156 valence electrons. The van der Waals surface area contributed by atoms with Gasteiger partial charge in [-0.2, -0.15) is 0 Å². The molecule has 30 heavy (non-hydrogen) atoms. The zero-order chi connectivity index (χ0) is 22.0. The Morgan fingerprint density at radius 1 is 1.07 bits per heavy atom. The molecule has 0 unspecified atom stereocenters. The maximum atomic E-state index is 13.3. The lowest BCUT2D eigenvalue weighted by molar-refractivity contribution is -0.122. The van der Waals surface area contributed by atoms with Crippen LogP contribution in [-0.4, -0.2) is 31.1 Å². The topological polar surface area (TPSA) is 67.9 Å². The van der Waals surface area contributed by atoms with Crippen molar-refractivity contribution in [2.24, 2.45) is 0 Å². The van der Waals surface area contributed by atoms with E-state index in [1.807, 2.05) is 19.1 Å². The number of amides is 2. The van der Waals surface area contributed by atoms with Gasteiger partial charge in [0.2, 0.25) is 0 Å². The van der Waals surface area contributed by atoms with Crippen molar-refractivity contribution in [2.45, 2.75) is 26.7 Å². The van der Waals surface area contributed by atoms with Crippen molar-refractivity contribution in [3.05, 3.63) is 58.7 Å². The number of thiocarbonyl (C=S) groups is 1. The van der Waals surface area contributed by atoms with Crippen molar-refractivity contribution in [3.8, 4) is 11.5 Å². The minimum absolute atomic E-state index is 0.00233. The second kappa shape index (κ2) is 8.67. The number of hydrogen-bond donors (Lipinski definition) is 1. The van der Waals surface area contributed by atoms with Gasteiger partial charge < -0.3 is 9.47 Å². The number of anilines is 1. The number of nitrogens with zero attached hydrogens (tertiary/aromatic N) is 1. The second-order valence-corrected chi connectivity index (χ2v) is 7.62. The van der Waals surface area contributed by atoms with E-state index >= 15 is 0 Å². The first-order chi connectivity index (χ1) is 14.3. The molecule has 0 saturated carbocycles. The highest BCUT2D eigenvalue weighted by molar-refractivity contribution is 7.80. The number of carbonyl (C=O) groups is 2. The molecule has 3 rings (SSSR count). The SMILES string of the molecule is COc1cc(C)c(/C=C2\C(=O)NC(=S)N(c3ccccc3OC)C2=O)cc1C(C)C. The molecule has 0 radical (unpaired) electrons. The molecule has 1 aliphatic heterocycles. The molecule has 7 heteroatoms. The molecule has 1 heterocycles. The summed E-state index contributed by atoms with van der Waals surface area (Å²) in [5.41, 5.74) is 3.12. The zero-order valence-electron chi connectivity index (χ0n) is 17.6. The van der Waals surface area contributed by atoms with Crippen molar-refractivity contribution >= 4 is 40.9 Å². The molecule has 0 aliphatic carbocycles. The third-order valence-electron chi connectivity index (χ3n) is 4.97. The summed E-state index contributed by atoms with van der Waals surface area (Å²) >= 11 is 5.28. The van der Waals surface area contributed by atoms with E-state index in [0.717, 1.165) is 22.4 Å².